The van der Waals surface area contributed by atoms with Crippen LogP contribution in [0.15, 0.2) is 54.6 Å². The van der Waals surface area contributed by atoms with Crippen molar-refractivity contribution < 1.29 is 10.2 Å². The quantitative estimate of drug-likeness (QED) is 0.501. The van der Waals surface area contributed by atoms with E-state index in [1.807, 2.05) is 24.3 Å². The number of hydrogen-bond acceptors (Lipinski definition) is 6. The second-order valence-corrected chi connectivity index (χ2v) is 6.70. The minimum absolute atomic E-state index is 0.236. The number of benzene rings is 2. The fraction of sp³-hybridized carbons (Fsp3) is 0.238. The van der Waals surface area contributed by atoms with Crippen LogP contribution in [-0.4, -0.2) is 20.2 Å². The van der Waals surface area contributed by atoms with E-state index in [2.05, 4.69) is 34.4 Å². The highest BCUT2D eigenvalue weighted by Gasteiger charge is 2.08. The van der Waals surface area contributed by atoms with E-state index >= 15 is 0 Å². The summed E-state index contributed by atoms with van der Waals surface area (Å²) in [5, 5.41) is 25.7. The zero-order valence-electron chi connectivity index (χ0n) is 15.5. The van der Waals surface area contributed by atoms with Crippen LogP contribution in [0.1, 0.15) is 36.6 Å². The first-order valence-electron chi connectivity index (χ1n) is 8.92. The average Bonchev–Trinajstić information content (AvgIpc) is 2.65. The van der Waals surface area contributed by atoms with Gasteiger partial charge < -0.3 is 20.8 Å². The van der Waals surface area contributed by atoms with E-state index in [1.54, 1.807) is 30.3 Å². The summed E-state index contributed by atoms with van der Waals surface area (Å²) in [5.41, 5.74) is 2.85. The van der Waals surface area contributed by atoms with Gasteiger partial charge in [0, 0.05) is 19.2 Å². The van der Waals surface area contributed by atoms with Crippen LogP contribution in [0.5, 0.6) is 11.5 Å². The summed E-state index contributed by atoms with van der Waals surface area (Å²) in [6, 6.07) is 16.1. The smallest absolute Gasteiger partial charge is 0.225 e. The minimum Gasteiger partial charge on any atom is -0.508 e. The zero-order valence-corrected chi connectivity index (χ0v) is 15.5. The Morgan fingerprint density at radius 3 is 1.96 bits per heavy atom. The molecule has 0 radical (unpaired) electrons. The van der Waals surface area contributed by atoms with Gasteiger partial charge in [-0.2, -0.15) is 4.98 Å². The number of nitrogens with zero attached hydrogens (tertiary/aromatic N) is 2. The predicted molar refractivity (Wildman–Crippen MR) is 107 cm³/mol. The first-order chi connectivity index (χ1) is 13.0. The molecule has 1 heterocycles. The molecule has 0 atom stereocenters. The minimum atomic E-state index is 0.236. The van der Waals surface area contributed by atoms with Gasteiger partial charge in [-0.1, -0.05) is 38.1 Å². The molecular weight excluding hydrogens is 340 g/mol. The van der Waals surface area contributed by atoms with Gasteiger partial charge in [0.05, 0.1) is 5.69 Å². The molecule has 0 unspecified atom stereocenters. The van der Waals surface area contributed by atoms with Crippen molar-refractivity contribution in [2.75, 3.05) is 10.6 Å². The largest absolute Gasteiger partial charge is 0.508 e. The zero-order chi connectivity index (χ0) is 19.2. The maximum atomic E-state index is 9.59. The molecule has 6 heteroatoms. The van der Waals surface area contributed by atoms with Crippen molar-refractivity contribution in [2.24, 2.45) is 0 Å². The molecule has 4 N–H and O–H groups in total. The summed E-state index contributed by atoms with van der Waals surface area (Å²) in [6.07, 6.45) is 0. The topological polar surface area (TPSA) is 90.3 Å². The number of rotatable bonds is 7. The number of anilines is 2. The van der Waals surface area contributed by atoms with Gasteiger partial charge in [-0.3, -0.25) is 0 Å². The lowest BCUT2D eigenvalue weighted by atomic mass is 10.1. The van der Waals surface area contributed by atoms with E-state index in [1.165, 1.54) is 0 Å². The van der Waals surface area contributed by atoms with Crippen molar-refractivity contribution >= 4 is 11.8 Å². The molecule has 0 bridgehead atoms. The van der Waals surface area contributed by atoms with Crippen molar-refractivity contribution in [3.05, 3.63) is 71.4 Å². The van der Waals surface area contributed by atoms with Gasteiger partial charge in [-0.25, -0.2) is 4.98 Å². The maximum absolute atomic E-state index is 9.59. The number of phenolic OH excluding ortho intramolecular Hbond substituents is 2. The highest BCUT2D eigenvalue weighted by Crippen LogP contribution is 2.20. The van der Waals surface area contributed by atoms with Gasteiger partial charge in [-0.05, 0) is 41.3 Å². The van der Waals surface area contributed by atoms with Crippen LogP contribution in [0.4, 0.5) is 11.8 Å². The van der Waals surface area contributed by atoms with E-state index in [9.17, 15) is 10.2 Å². The van der Waals surface area contributed by atoms with Crippen LogP contribution in [0.25, 0.3) is 0 Å². The second-order valence-electron chi connectivity index (χ2n) is 6.70. The van der Waals surface area contributed by atoms with Gasteiger partial charge in [0.2, 0.25) is 5.95 Å². The van der Waals surface area contributed by atoms with Crippen LogP contribution in [-0.2, 0) is 13.1 Å². The Bertz CT molecular complexity index is 844. The van der Waals surface area contributed by atoms with Gasteiger partial charge in [0.15, 0.2) is 0 Å². The SMILES string of the molecule is CC(C)c1cc(NCc2cccc(O)c2)nc(NCc2cccc(O)c2)n1. The third kappa shape index (κ3) is 5.34. The summed E-state index contributed by atoms with van der Waals surface area (Å²) in [5.74, 6) is 1.99. The molecule has 3 aromatic rings. The fourth-order valence-corrected chi connectivity index (χ4v) is 2.64. The standard InChI is InChI=1S/C21H24N4O2/c1-14(2)19-11-20(22-12-15-5-3-7-17(26)9-15)25-21(24-19)23-13-16-6-4-8-18(27)10-16/h3-11,14,26-27H,12-13H2,1-2H3,(H2,22,23,24,25). The van der Waals surface area contributed by atoms with Gasteiger partial charge in [0.1, 0.15) is 17.3 Å². The Labute approximate surface area is 158 Å². The maximum Gasteiger partial charge on any atom is 0.225 e. The van der Waals surface area contributed by atoms with E-state index in [0.717, 1.165) is 22.6 Å². The van der Waals surface area contributed by atoms with E-state index in [0.29, 0.717) is 19.0 Å². The van der Waals surface area contributed by atoms with E-state index in [4.69, 9.17) is 0 Å². The summed E-state index contributed by atoms with van der Waals surface area (Å²) in [4.78, 5) is 9.11. The molecule has 0 spiro atoms. The summed E-state index contributed by atoms with van der Waals surface area (Å²) in [6.45, 7) is 5.23. The molecule has 0 fully saturated rings. The van der Waals surface area contributed by atoms with Crippen molar-refractivity contribution in [1.29, 1.82) is 0 Å². The van der Waals surface area contributed by atoms with Crippen molar-refractivity contribution in [1.82, 2.24) is 9.97 Å². The van der Waals surface area contributed by atoms with Crippen LogP contribution in [0, 0.1) is 0 Å². The summed E-state index contributed by atoms with van der Waals surface area (Å²) in [7, 11) is 0. The number of nitrogens with one attached hydrogen (secondary N) is 2. The Balaban J connectivity index is 1.73. The molecule has 0 aliphatic heterocycles. The average molecular weight is 364 g/mol. The lowest BCUT2D eigenvalue weighted by molar-refractivity contribution is 0.474. The van der Waals surface area contributed by atoms with Crippen molar-refractivity contribution in [3.8, 4) is 11.5 Å². The number of hydrogen-bond donors (Lipinski definition) is 4. The van der Waals surface area contributed by atoms with Crippen LogP contribution in [0.3, 0.4) is 0 Å². The molecule has 27 heavy (non-hydrogen) atoms. The van der Waals surface area contributed by atoms with E-state index in [-0.39, 0.29) is 17.4 Å². The number of phenols is 2. The first kappa shape index (κ1) is 18.5. The summed E-state index contributed by atoms with van der Waals surface area (Å²) < 4.78 is 0. The molecule has 3 rings (SSSR count). The molecule has 0 amide bonds. The Kier molecular flexibility index (Phi) is 5.76. The molecule has 2 aromatic carbocycles. The van der Waals surface area contributed by atoms with Crippen LogP contribution >= 0.6 is 0 Å². The molecule has 6 nitrogen and oxygen atoms in total. The molecule has 0 saturated carbocycles. The molecule has 0 saturated heterocycles. The molecule has 0 aliphatic carbocycles. The number of aromatic hydroxyl groups is 2. The molecule has 140 valence electrons. The monoisotopic (exact) mass is 364 g/mol. The lowest BCUT2D eigenvalue weighted by Gasteiger charge is -2.13. The normalized spacial score (nSPS) is 10.8. The highest BCUT2D eigenvalue weighted by molar-refractivity contribution is 5.44. The Morgan fingerprint density at radius 1 is 0.815 bits per heavy atom. The molecule has 1 aromatic heterocycles. The molecular formula is C21H24N4O2. The predicted octanol–water partition coefficient (Wildman–Crippen LogP) is 4.24. The number of aromatic nitrogens is 2. The lowest BCUT2D eigenvalue weighted by Crippen LogP contribution is -2.09. The first-order valence-corrected chi connectivity index (χ1v) is 8.92. The van der Waals surface area contributed by atoms with Crippen molar-refractivity contribution in [2.45, 2.75) is 32.9 Å². The summed E-state index contributed by atoms with van der Waals surface area (Å²) >= 11 is 0. The fourth-order valence-electron chi connectivity index (χ4n) is 2.64. The third-order valence-corrected chi connectivity index (χ3v) is 4.08. The van der Waals surface area contributed by atoms with Crippen LogP contribution < -0.4 is 10.6 Å². The molecule has 0 aliphatic rings. The third-order valence-electron chi connectivity index (χ3n) is 4.08. The van der Waals surface area contributed by atoms with Crippen molar-refractivity contribution in [3.63, 3.8) is 0 Å². The highest BCUT2D eigenvalue weighted by atomic mass is 16.3. The van der Waals surface area contributed by atoms with Gasteiger partial charge >= 0.3 is 0 Å². The van der Waals surface area contributed by atoms with Crippen LogP contribution in [0.2, 0.25) is 0 Å². The second kappa shape index (κ2) is 8.40. The Hall–Kier alpha value is -3.28. The Morgan fingerprint density at radius 2 is 1.41 bits per heavy atom. The van der Waals surface area contributed by atoms with Gasteiger partial charge in [0.25, 0.3) is 0 Å². The van der Waals surface area contributed by atoms with E-state index < -0.39 is 0 Å². The van der Waals surface area contributed by atoms with Gasteiger partial charge in [-0.15, -0.1) is 0 Å².